The van der Waals surface area contributed by atoms with Crippen LogP contribution in [0.4, 0.5) is 4.39 Å². The molecule has 0 atom stereocenters. The van der Waals surface area contributed by atoms with Crippen molar-refractivity contribution in [2.75, 3.05) is 6.67 Å². The maximum atomic E-state index is 11.8. The van der Waals surface area contributed by atoms with E-state index >= 15 is 0 Å². The molecule has 0 aliphatic rings. The molecule has 1 N–H and O–H groups in total. The first kappa shape index (κ1) is 8.71. The van der Waals surface area contributed by atoms with Crippen molar-refractivity contribution in [1.29, 1.82) is 0 Å². The van der Waals surface area contributed by atoms with Gasteiger partial charge in [0, 0.05) is 6.42 Å². The third-order valence-corrected chi connectivity index (χ3v) is 1.49. The second-order valence-electron chi connectivity index (χ2n) is 2.52. The Balaban J connectivity index is 2.64. The summed E-state index contributed by atoms with van der Waals surface area (Å²) in [4.78, 5) is 10.6. The minimum absolute atomic E-state index is 0.0940. The fourth-order valence-corrected chi connectivity index (χ4v) is 0.889. The predicted octanol–water partition coefficient (Wildman–Crippen LogP) is 1.47. The zero-order valence-electron chi connectivity index (χ0n) is 6.46. The molecule has 1 aromatic carbocycles. The molecule has 3 heteroatoms. The molecule has 0 fully saturated rings. The third kappa shape index (κ3) is 2.34. The number of carbonyl (C=O) groups is 1. The average molecular weight is 168 g/mol. The van der Waals surface area contributed by atoms with E-state index in [9.17, 15) is 9.18 Å². The van der Waals surface area contributed by atoms with Gasteiger partial charge in [0.25, 0.3) is 0 Å². The van der Waals surface area contributed by atoms with Crippen LogP contribution in [0.15, 0.2) is 24.3 Å². The van der Waals surface area contributed by atoms with Gasteiger partial charge in [0.2, 0.25) is 0 Å². The summed E-state index contributed by atoms with van der Waals surface area (Å²) in [6.07, 6.45) is 0.0940. The number of rotatable bonds is 3. The first-order chi connectivity index (χ1) is 5.72. The van der Waals surface area contributed by atoms with E-state index in [1.165, 1.54) is 12.1 Å². The molecule has 0 heterocycles. The summed E-state index contributed by atoms with van der Waals surface area (Å²) >= 11 is 0. The summed E-state index contributed by atoms with van der Waals surface area (Å²) in [6, 6.07) is 6.15. The van der Waals surface area contributed by atoms with Crippen molar-refractivity contribution in [2.24, 2.45) is 0 Å². The van der Waals surface area contributed by atoms with Crippen LogP contribution in [-0.4, -0.2) is 17.6 Å². The number of ketones is 1. The van der Waals surface area contributed by atoms with Gasteiger partial charge in [-0.25, -0.2) is 4.39 Å². The molecule has 0 aromatic heterocycles. The molecule has 12 heavy (non-hydrogen) atoms. The van der Waals surface area contributed by atoms with Gasteiger partial charge in [-0.2, -0.15) is 0 Å². The van der Waals surface area contributed by atoms with Gasteiger partial charge < -0.3 is 5.11 Å². The van der Waals surface area contributed by atoms with E-state index in [2.05, 4.69) is 0 Å². The summed E-state index contributed by atoms with van der Waals surface area (Å²) in [5.74, 6) is -0.299. The molecule has 0 bridgehead atoms. The SMILES string of the molecule is O=C(CF)Cc1ccc(O)cc1. The van der Waals surface area contributed by atoms with E-state index in [-0.39, 0.29) is 12.2 Å². The second kappa shape index (κ2) is 3.85. The van der Waals surface area contributed by atoms with Crippen molar-refractivity contribution in [3.05, 3.63) is 29.8 Å². The summed E-state index contributed by atoms with van der Waals surface area (Å²) in [5, 5.41) is 8.89. The maximum Gasteiger partial charge on any atom is 0.168 e. The molecule has 0 saturated carbocycles. The van der Waals surface area contributed by atoms with Gasteiger partial charge in [-0.05, 0) is 17.7 Å². The van der Waals surface area contributed by atoms with Crippen LogP contribution < -0.4 is 0 Å². The molecule has 0 amide bonds. The highest BCUT2D eigenvalue weighted by Crippen LogP contribution is 2.10. The first-order valence-corrected chi connectivity index (χ1v) is 3.58. The molecule has 0 radical (unpaired) electrons. The quantitative estimate of drug-likeness (QED) is 0.742. The first-order valence-electron chi connectivity index (χ1n) is 3.58. The highest BCUT2D eigenvalue weighted by atomic mass is 19.1. The van der Waals surface area contributed by atoms with Crippen LogP contribution in [0.5, 0.6) is 5.75 Å². The van der Waals surface area contributed by atoms with Gasteiger partial charge in [0.1, 0.15) is 12.4 Å². The Morgan fingerprint density at radius 2 is 1.92 bits per heavy atom. The lowest BCUT2D eigenvalue weighted by atomic mass is 10.1. The lowest BCUT2D eigenvalue weighted by molar-refractivity contribution is -0.119. The van der Waals surface area contributed by atoms with E-state index in [0.29, 0.717) is 0 Å². The average Bonchev–Trinajstić information content (AvgIpc) is 2.09. The van der Waals surface area contributed by atoms with Crippen LogP contribution in [0.25, 0.3) is 0 Å². The van der Waals surface area contributed by atoms with Crippen LogP contribution in [0.2, 0.25) is 0 Å². The van der Waals surface area contributed by atoms with Crippen LogP contribution in [0, 0.1) is 0 Å². The van der Waals surface area contributed by atoms with Crippen molar-refractivity contribution in [2.45, 2.75) is 6.42 Å². The third-order valence-electron chi connectivity index (χ3n) is 1.49. The van der Waals surface area contributed by atoms with Crippen LogP contribution >= 0.6 is 0 Å². The molecule has 0 aliphatic heterocycles. The molecule has 2 nitrogen and oxygen atoms in total. The zero-order chi connectivity index (χ0) is 8.97. The smallest absolute Gasteiger partial charge is 0.168 e. The number of halogens is 1. The molecule has 0 unspecified atom stereocenters. The number of Topliss-reactive ketones (excluding diaryl/α,β-unsaturated/α-hetero) is 1. The van der Waals surface area contributed by atoms with Gasteiger partial charge in [-0.3, -0.25) is 4.79 Å². The van der Waals surface area contributed by atoms with Crippen molar-refractivity contribution in [3.8, 4) is 5.75 Å². The fourth-order valence-electron chi connectivity index (χ4n) is 0.889. The van der Waals surface area contributed by atoms with E-state index in [4.69, 9.17) is 5.11 Å². The van der Waals surface area contributed by atoms with Crippen LogP contribution in [0.3, 0.4) is 0 Å². The zero-order valence-corrected chi connectivity index (χ0v) is 6.46. The number of aromatic hydroxyl groups is 1. The Morgan fingerprint density at radius 3 is 2.42 bits per heavy atom. The number of hydrogen-bond acceptors (Lipinski definition) is 2. The van der Waals surface area contributed by atoms with Crippen LogP contribution in [0.1, 0.15) is 5.56 Å². The van der Waals surface area contributed by atoms with Crippen molar-refractivity contribution in [3.63, 3.8) is 0 Å². The Morgan fingerprint density at radius 1 is 1.33 bits per heavy atom. The molecule has 1 rings (SSSR count). The highest BCUT2D eigenvalue weighted by molar-refractivity contribution is 5.81. The minimum atomic E-state index is -0.930. The van der Waals surface area contributed by atoms with Gasteiger partial charge in [-0.15, -0.1) is 0 Å². The van der Waals surface area contributed by atoms with Gasteiger partial charge >= 0.3 is 0 Å². The highest BCUT2D eigenvalue weighted by Gasteiger charge is 2.01. The van der Waals surface area contributed by atoms with Crippen molar-refractivity contribution in [1.82, 2.24) is 0 Å². The number of phenols is 1. The summed E-state index contributed by atoms with van der Waals surface area (Å²) in [5.41, 5.74) is 0.718. The van der Waals surface area contributed by atoms with E-state index in [1.807, 2.05) is 0 Å². The number of carbonyl (C=O) groups excluding carboxylic acids is 1. The van der Waals surface area contributed by atoms with Gasteiger partial charge in [-0.1, -0.05) is 12.1 Å². The standard InChI is InChI=1S/C9H9FO2/c10-6-9(12)5-7-1-3-8(11)4-2-7/h1-4,11H,5-6H2. The number of hydrogen-bond donors (Lipinski definition) is 1. The fraction of sp³-hybridized carbons (Fsp3) is 0.222. The topological polar surface area (TPSA) is 37.3 Å². The predicted molar refractivity (Wildman–Crippen MR) is 42.8 cm³/mol. The molecule has 1 aromatic rings. The Labute approximate surface area is 69.6 Å². The minimum Gasteiger partial charge on any atom is -0.508 e. The molecule has 64 valence electrons. The molecular weight excluding hydrogens is 159 g/mol. The van der Waals surface area contributed by atoms with Gasteiger partial charge in [0.15, 0.2) is 5.78 Å². The molecule has 0 aliphatic carbocycles. The molecular formula is C9H9FO2. The summed E-state index contributed by atoms with van der Waals surface area (Å²) in [6.45, 7) is -0.930. The number of alkyl halides is 1. The summed E-state index contributed by atoms with van der Waals surface area (Å²) in [7, 11) is 0. The lowest BCUT2D eigenvalue weighted by Gasteiger charge is -1.97. The maximum absolute atomic E-state index is 11.8. The van der Waals surface area contributed by atoms with Crippen LogP contribution in [-0.2, 0) is 11.2 Å². The Bertz CT molecular complexity index is 266. The number of phenolic OH excluding ortho intramolecular Hbond substituents is 1. The van der Waals surface area contributed by atoms with Gasteiger partial charge in [0.05, 0.1) is 0 Å². The monoisotopic (exact) mass is 168 g/mol. The van der Waals surface area contributed by atoms with E-state index < -0.39 is 12.5 Å². The lowest BCUT2D eigenvalue weighted by Crippen LogP contribution is -2.03. The molecule has 0 saturated heterocycles. The van der Waals surface area contributed by atoms with E-state index in [1.54, 1.807) is 12.1 Å². The Kier molecular flexibility index (Phi) is 2.80. The normalized spacial score (nSPS) is 9.75. The Hall–Kier alpha value is -1.38. The number of benzene rings is 1. The second-order valence-corrected chi connectivity index (χ2v) is 2.52. The van der Waals surface area contributed by atoms with E-state index in [0.717, 1.165) is 5.56 Å². The molecule has 0 spiro atoms. The van der Waals surface area contributed by atoms with Crippen molar-refractivity contribution < 1.29 is 14.3 Å². The largest absolute Gasteiger partial charge is 0.508 e. The van der Waals surface area contributed by atoms with Crippen molar-refractivity contribution >= 4 is 5.78 Å². The summed E-state index contributed by atoms with van der Waals surface area (Å²) < 4.78 is 11.8.